The van der Waals surface area contributed by atoms with Crippen molar-refractivity contribution in [2.24, 2.45) is 16.5 Å². The molecule has 0 aliphatic rings. The molecule has 2 aromatic rings. The van der Waals surface area contributed by atoms with E-state index in [1.807, 2.05) is 56.3 Å². The van der Waals surface area contributed by atoms with Crippen molar-refractivity contribution in [1.29, 1.82) is 10.8 Å². The molecular weight excluding hydrogens is 286 g/mol. The van der Waals surface area contributed by atoms with E-state index in [4.69, 9.17) is 27.3 Å². The molecule has 0 atom stereocenters. The highest BCUT2D eigenvalue weighted by Crippen LogP contribution is 2.22. The lowest BCUT2D eigenvalue weighted by Crippen LogP contribution is -2.11. The molecular formula is C18H21N5. The summed E-state index contributed by atoms with van der Waals surface area (Å²) in [5.74, 6) is 0.0850. The minimum absolute atomic E-state index is 0.0327. The van der Waals surface area contributed by atoms with E-state index >= 15 is 0 Å². The Hall–Kier alpha value is -2.95. The molecule has 2 rings (SSSR count). The van der Waals surface area contributed by atoms with Crippen LogP contribution < -0.4 is 11.5 Å². The Balaban J connectivity index is 2.44. The van der Waals surface area contributed by atoms with Crippen LogP contribution in [0.25, 0.3) is 0 Å². The maximum atomic E-state index is 7.56. The first-order chi connectivity index (χ1) is 10.9. The summed E-state index contributed by atoms with van der Waals surface area (Å²) in [7, 11) is 0. The summed E-state index contributed by atoms with van der Waals surface area (Å²) >= 11 is 0. The smallest absolute Gasteiger partial charge is 0.122 e. The van der Waals surface area contributed by atoms with Crippen molar-refractivity contribution in [2.75, 3.05) is 0 Å². The van der Waals surface area contributed by atoms with Crippen LogP contribution in [0.5, 0.6) is 0 Å². The summed E-state index contributed by atoms with van der Waals surface area (Å²) in [5.41, 5.74) is 16.2. The van der Waals surface area contributed by atoms with Crippen LogP contribution in [-0.4, -0.2) is 17.4 Å². The number of nitrogens with two attached hydrogens (primary N) is 2. The topological polar surface area (TPSA) is 112 Å². The normalized spacial score (nSPS) is 11.3. The van der Waals surface area contributed by atoms with E-state index in [1.165, 1.54) is 0 Å². The second-order valence-corrected chi connectivity index (χ2v) is 5.32. The Morgan fingerprint density at radius 2 is 1.43 bits per heavy atom. The first-order valence-electron chi connectivity index (χ1n) is 7.39. The standard InChI is InChI=1S/C18H21N5/c1-3-15(12-6-8-13(9-7-12)17(19)20)23-16-10-14(18(21)22)5-4-11(16)2/h4-10H,3H2,1-2H3,(H3,19,20)(H3,21,22). The number of aryl methyl sites for hydroxylation is 1. The quantitative estimate of drug-likeness (QED) is 0.502. The predicted molar refractivity (Wildman–Crippen MR) is 96.1 cm³/mol. The van der Waals surface area contributed by atoms with E-state index in [0.29, 0.717) is 11.1 Å². The third-order valence-electron chi connectivity index (χ3n) is 3.64. The van der Waals surface area contributed by atoms with Crippen LogP contribution in [0.2, 0.25) is 0 Å². The van der Waals surface area contributed by atoms with Crippen LogP contribution in [0.3, 0.4) is 0 Å². The minimum atomic E-state index is 0.0327. The van der Waals surface area contributed by atoms with Crippen molar-refractivity contribution >= 4 is 23.1 Å². The number of rotatable bonds is 5. The van der Waals surface area contributed by atoms with Gasteiger partial charge in [0.25, 0.3) is 0 Å². The van der Waals surface area contributed by atoms with Crippen LogP contribution in [0, 0.1) is 17.7 Å². The van der Waals surface area contributed by atoms with Gasteiger partial charge in [0.15, 0.2) is 0 Å². The van der Waals surface area contributed by atoms with E-state index in [0.717, 1.165) is 28.9 Å². The first kappa shape index (κ1) is 16.4. The molecule has 6 N–H and O–H groups in total. The van der Waals surface area contributed by atoms with Crippen LogP contribution in [0.4, 0.5) is 5.69 Å². The van der Waals surface area contributed by atoms with Crippen molar-refractivity contribution < 1.29 is 0 Å². The molecule has 0 aliphatic carbocycles. The Kier molecular flexibility index (Phi) is 4.91. The number of amidine groups is 2. The molecule has 0 radical (unpaired) electrons. The molecule has 0 aromatic heterocycles. The molecule has 5 nitrogen and oxygen atoms in total. The molecule has 23 heavy (non-hydrogen) atoms. The third-order valence-corrected chi connectivity index (χ3v) is 3.64. The summed E-state index contributed by atoms with van der Waals surface area (Å²) in [5, 5.41) is 15.0. The Labute approximate surface area is 136 Å². The number of hydrogen-bond donors (Lipinski definition) is 4. The highest BCUT2D eigenvalue weighted by molar-refractivity contribution is 6.03. The molecule has 0 heterocycles. The van der Waals surface area contributed by atoms with Gasteiger partial charge in [0.05, 0.1) is 5.69 Å². The van der Waals surface area contributed by atoms with Gasteiger partial charge in [-0.15, -0.1) is 0 Å². The maximum absolute atomic E-state index is 7.56. The lowest BCUT2D eigenvalue weighted by molar-refractivity contribution is 1.25. The van der Waals surface area contributed by atoms with Crippen molar-refractivity contribution in [1.82, 2.24) is 0 Å². The molecule has 0 bridgehead atoms. The molecule has 0 aliphatic heterocycles. The second kappa shape index (κ2) is 6.87. The van der Waals surface area contributed by atoms with Gasteiger partial charge in [-0.3, -0.25) is 15.8 Å². The summed E-state index contributed by atoms with van der Waals surface area (Å²) in [6.45, 7) is 4.02. The number of nitrogens with one attached hydrogen (secondary N) is 2. The van der Waals surface area contributed by atoms with Gasteiger partial charge < -0.3 is 11.5 Å². The Morgan fingerprint density at radius 3 is 1.96 bits per heavy atom. The highest BCUT2D eigenvalue weighted by Gasteiger charge is 2.06. The molecule has 5 heteroatoms. The van der Waals surface area contributed by atoms with E-state index in [9.17, 15) is 0 Å². The Bertz CT molecular complexity index is 772. The van der Waals surface area contributed by atoms with Crippen LogP contribution in [0.15, 0.2) is 47.5 Å². The van der Waals surface area contributed by atoms with Gasteiger partial charge in [-0.05, 0) is 30.5 Å². The van der Waals surface area contributed by atoms with Gasteiger partial charge >= 0.3 is 0 Å². The lowest BCUT2D eigenvalue weighted by Gasteiger charge is -2.09. The monoisotopic (exact) mass is 307 g/mol. The van der Waals surface area contributed by atoms with Gasteiger partial charge in [-0.2, -0.15) is 0 Å². The molecule has 0 saturated heterocycles. The summed E-state index contributed by atoms with van der Waals surface area (Å²) in [6, 6.07) is 13.1. The fourth-order valence-electron chi connectivity index (χ4n) is 2.23. The number of aliphatic imine (C=N–C) groups is 1. The van der Waals surface area contributed by atoms with Gasteiger partial charge in [-0.25, -0.2) is 0 Å². The zero-order valence-electron chi connectivity index (χ0n) is 13.4. The predicted octanol–water partition coefficient (Wildman–Crippen LogP) is 3.09. The highest BCUT2D eigenvalue weighted by atomic mass is 14.8. The Morgan fingerprint density at radius 1 is 0.913 bits per heavy atom. The zero-order valence-corrected chi connectivity index (χ0v) is 13.4. The van der Waals surface area contributed by atoms with E-state index in [-0.39, 0.29) is 11.7 Å². The third kappa shape index (κ3) is 3.83. The van der Waals surface area contributed by atoms with Gasteiger partial charge in [0.2, 0.25) is 0 Å². The molecule has 0 fully saturated rings. The van der Waals surface area contributed by atoms with Gasteiger partial charge in [-0.1, -0.05) is 43.3 Å². The SMILES string of the molecule is CCC(=Nc1cc(C(=N)N)ccc1C)c1ccc(C(=N)N)cc1. The van der Waals surface area contributed by atoms with Gasteiger partial charge in [0, 0.05) is 16.8 Å². The van der Waals surface area contributed by atoms with E-state index < -0.39 is 0 Å². The molecule has 118 valence electrons. The molecule has 0 unspecified atom stereocenters. The average molecular weight is 307 g/mol. The average Bonchev–Trinajstić information content (AvgIpc) is 2.54. The molecule has 0 saturated carbocycles. The zero-order chi connectivity index (χ0) is 17.0. The van der Waals surface area contributed by atoms with Crippen LogP contribution >= 0.6 is 0 Å². The minimum Gasteiger partial charge on any atom is -0.384 e. The molecule has 0 spiro atoms. The van der Waals surface area contributed by atoms with E-state index in [1.54, 1.807) is 0 Å². The fourth-order valence-corrected chi connectivity index (χ4v) is 2.23. The van der Waals surface area contributed by atoms with Crippen molar-refractivity contribution in [2.45, 2.75) is 20.3 Å². The molecule has 0 amide bonds. The largest absolute Gasteiger partial charge is 0.384 e. The van der Waals surface area contributed by atoms with Crippen LogP contribution in [0.1, 0.15) is 35.6 Å². The fraction of sp³-hybridized carbons (Fsp3) is 0.167. The van der Waals surface area contributed by atoms with Crippen molar-refractivity contribution in [3.63, 3.8) is 0 Å². The summed E-state index contributed by atoms with van der Waals surface area (Å²) < 4.78 is 0. The lowest BCUT2D eigenvalue weighted by atomic mass is 10.0. The molecule has 2 aromatic carbocycles. The van der Waals surface area contributed by atoms with E-state index in [2.05, 4.69) is 0 Å². The van der Waals surface area contributed by atoms with Crippen molar-refractivity contribution in [3.8, 4) is 0 Å². The van der Waals surface area contributed by atoms with Crippen molar-refractivity contribution in [3.05, 3.63) is 64.7 Å². The number of hydrogen-bond acceptors (Lipinski definition) is 3. The second-order valence-electron chi connectivity index (χ2n) is 5.32. The maximum Gasteiger partial charge on any atom is 0.122 e. The first-order valence-corrected chi connectivity index (χ1v) is 7.39. The number of nitrogens with zero attached hydrogens (tertiary/aromatic N) is 1. The summed E-state index contributed by atoms with van der Waals surface area (Å²) in [4.78, 5) is 4.74. The van der Waals surface area contributed by atoms with Crippen LogP contribution in [-0.2, 0) is 0 Å². The van der Waals surface area contributed by atoms with Gasteiger partial charge in [0.1, 0.15) is 11.7 Å². The number of benzene rings is 2. The summed E-state index contributed by atoms with van der Waals surface area (Å²) in [6.07, 6.45) is 0.767. The number of nitrogen functional groups attached to an aromatic ring is 2.